The normalized spacial score (nSPS) is 10.6. The fraction of sp³-hybridized carbons (Fsp3) is 0.667. The molecule has 0 aliphatic rings. The zero-order valence-electron chi connectivity index (χ0n) is 6.02. The molecule has 3 heteroatoms. The molecule has 0 heterocycles. The van der Waals surface area contributed by atoms with Gasteiger partial charge in [0.05, 0.1) is 0 Å². The van der Waals surface area contributed by atoms with E-state index in [1.807, 2.05) is 0 Å². The second-order valence-electron chi connectivity index (χ2n) is 2.68. The van der Waals surface area contributed by atoms with Crippen molar-refractivity contribution >= 4 is 12.8 Å². The Hall–Kier alpha value is -0.860. The van der Waals surface area contributed by atoms with Gasteiger partial charge in [-0.05, 0) is 20.8 Å². The Morgan fingerprint density at radius 1 is 1.56 bits per heavy atom. The summed E-state index contributed by atoms with van der Waals surface area (Å²) >= 11 is 0. The van der Waals surface area contributed by atoms with E-state index < -0.39 is 11.7 Å². The van der Waals surface area contributed by atoms with Crippen LogP contribution in [0.5, 0.6) is 0 Å². The van der Waals surface area contributed by atoms with Crippen molar-refractivity contribution in [3.63, 3.8) is 0 Å². The van der Waals surface area contributed by atoms with Crippen LogP contribution in [0.2, 0.25) is 0 Å². The van der Waals surface area contributed by atoms with Crippen LogP contribution in [-0.4, -0.2) is 18.4 Å². The lowest BCUT2D eigenvalue weighted by Gasteiger charge is -2.14. The Kier molecular flexibility index (Phi) is 2.37. The highest BCUT2D eigenvalue weighted by Gasteiger charge is 2.17. The largest absolute Gasteiger partial charge is 0.594 e. The summed E-state index contributed by atoms with van der Waals surface area (Å²) < 4.78 is 4.77. The van der Waals surface area contributed by atoms with Crippen LogP contribution in [-0.2, 0) is 4.74 Å². The monoisotopic (exact) mass is 130 g/mol. The van der Waals surface area contributed by atoms with Crippen LogP contribution in [0, 0.1) is 0 Å². The van der Waals surface area contributed by atoms with Crippen molar-refractivity contribution in [2.24, 2.45) is 0 Å². The molecule has 0 bridgehead atoms. The van der Waals surface area contributed by atoms with E-state index in [0.29, 0.717) is 0 Å². The predicted octanol–water partition coefficient (Wildman–Crippen LogP) is -0.297. The molecule has 0 unspecified atom stereocenters. The Morgan fingerprint density at radius 2 is 2.00 bits per heavy atom. The minimum Gasteiger partial charge on any atom is -0.406 e. The number of ether oxygens (including phenoxy) is 1. The minimum atomic E-state index is -0.498. The van der Waals surface area contributed by atoms with Gasteiger partial charge in [0.1, 0.15) is 12.3 Å². The van der Waals surface area contributed by atoms with Crippen molar-refractivity contribution in [3.8, 4) is 0 Å². The molecule has 3 nitrogen and oxygen atoms in total. The Morgan fingerprint density at radius 3 is 2.11 bits per heavy atom. The number of amides is 1. The van der Waals surface area contributed by atoms with Gasteiger partial charge in [-0.2, -0.15) is 4.79 Å². The lowest BCUT2D eigenvalue weighted by Crippen LogP contribution is -2.72. The van der Waals surface area contributed by atoms with Gasteiger partial charge in [0.25, 0.3) is 0 Å². The van der Waals surface area contributed by atoms with Crippen molar-refractivity contribution in [1.82, 2.24) is 0 Å². The fourth-order valence-electron chi connectivity index (χ4n) is 0.314. The molecule has 1 amide bonds. The van der Waals surface area contributed by atoms with E-state index in [0.717, 1.165) is 0 Å². The first-order valence-corrected chi connectivity index (χ1v) is 2.72. The first kappa shape index (κ1) is 8.14. The molecule has 0 atom stereocenters. The molecule has 0 aliphatic heterocycles. The maximum absolute atomic E-state index is 10.4. The Bertz CT molecular complexity index is 124. The van der Waals surface area contributed by atoms with E-state index in [-0.39, 0.29) is 0 Å². The average molecular weight is 130 g/mol. The SMILES string of the molecule is C=[NH+]C(=O)OC(C)(C)C. The molecular weight excluding hydrogens is 118 g/mol. The summed E-state index contributed by atoms with van der Waals surface area (Å²) in [6.45, 7) is 8.53. The molecule has 0 radical (unpaired) electrons. The van der Waals surface area contributed by atoms with E-state index >= 15 is 0 Å². The molecule has 0 spiro atoms. The second kappa shape index (κ2) is 2.62. The summed E-state index contributed by atoms with van der Waals surface area (Å²) in [5.41, 5.74) is -0.429. The van der Waals surface area contributed by atoms with E-state index in [1.165, 1.54) is 0 Å². The van der Waals surface area contributed by atoms with E-state index in [4.69, 9.17) is 4.74 Å². The zero-order chi connectivity index (χ0) is 7.49. The lowest BCUT2D eigenvalue weighted by molar-refractivity contribution is -0.364. The molecule has 0 aromatic rings. The summed E-state index contributed by atoms with van der Waals surface area (Å²) in [5, 5.41) is 0. The summed E-state index contributed by atoms with van der Waals surface area (Å²) in [7, 11) is 0. The highest BCUT2D eigenvalue weighted by molar-refractivity contribution is 5.57. The lowest BCUT2D eigenvalue weighted by atomic mass is 10.2. The molecule has 0 saturated carbocycles. The Balaban J connectivity index is 3.74. The van der Waals surface area contributed by atoms with Gasteiger partial charge in [-0.3, -0.25) is 0 Å². The van der Waals surface area contributed by atoms with Crippen molar-refractivity contribution in [2.45, 2.75) is 26.4 Å². The summed E-state index contributed by atoms with van der Waals surface area (Å²) in [6.07, 6.45) is -0.498. The summed E-state index contributed by atoms with van der Waals surface area (Å²) in [6, 6.07) is 0. The molecule has 0 fully saturated rings. The van der Waals surface area contributed by atoms with Gasteiger partial charge in [-0.1, -0.05) is 0 Å². The van der Waals surface area contributed by atoms with Gasteiger partial charge in [0.2, 0.25) is 0 Å². The molecule has 52 valence electrons. The number of nitrogens with one attached hydrogen (secondary N) is 1. The van der Waals surface area contributed by atoms with Gasteiger partial charge in [-0.25, -0.2) is 0 Å². The van der Waals surface area contributed by atoms with Gasteiger partial charge in [-0.15, -0.1) is 4.99 Å². The molecule has 9 heavy (non-hydrogen) atoms. The van der Waals surface area contributed by atoms with Crippen LogP contribution in [0.4, 0.5) is 4.79 Å². The number of carbonyl (C=O) groups excluding carboxylic acids is 1. The molecule has 0 rings (SSSR count). The first-order chi connectivity index (χ1) is 3.95. The highest BCUT2D eigenvalue weighted by Crippen LogP contribution is 2.04. The molecule has 1 N–H and O–H groups in total. The quantitative estimate of drug-likeness (QED) is 0.457. The van der Waals surface area contributed by atoms with Gasteiger partial charge >= 0.3 is 6.09 Å². The zero-order valence-corrected chi connectivity index (χ0v) is 6.02. The summed E-state index contributed by atoms with van der Waals surface area (Å²) in [5.74, 6) is 0. The van der Waals surface area contributed by atoms with Crippen molar-refractivity contribution in [3.05, 3.63) is 0 Å². The Labute approximate surface area is 54.7 Å². The van der Waals surface area contributed by atoms with Crippen molar-refractivity contribution in [2.75, 3.05) is 0 Å². The highest BCUT2D eigenvalue weighted by atomic mass is 16.6. The van der Waals surface area contributed by atoms with Crippen molar-refractivity contribution in [1.29, 1.82) is 0 Å². The maximum Gasteiger partial charge on any atom is 0.594 e. The van der Waals surface area contributed by atoms with Crippen LogP contribution in [0.3, 0.4) is 0 Å². The maximum atomic E-state index is 10.4. The van der Waals surface area contributed by atoms with Crippen LogP contribution >= 0.6 is 0 Å². The standard InChI is InChI=1S/C6H11NO2/c1-6(2,3)9-5(8)7-4/h4H2,1-3H3/p+1. The third-order valence-corrected chi connectivity index (χ3v) is 0.543. The number of hydrogen-bond acceptors (Lipinski definition) is 2. The molecule has 0 aromatic heterocycles. The molecule has 0 aromatic carbocycles. The third kappa shape index (κ3) is 5.00. The van der Waals surface area contributed by atoms with Crippen LogP contribution < -0.4 is 4.99 Å². The predicted molar refractivity (Wildman–Crippen MR) is 34.3 cm³/mol. The number of carbonyl (C=O) groups is 1. The van der Waals surface area contributed by atoms with Crippen LogP contribution in [0.15, 0.2) is 0 Å². The van der Waals surface area contributed by atoms with Crippen molar-refractivity contribution < 1.29 is 14.5 Å². The average Bonchev–Trinajstić information content (AvgIpc) is 1.62. The first-order valence-electron chi connectivity index (χ1n) is 2.72. The van der Waals surface area contributed by atoms with E-state index in [1.54, 1.807) is 20.8 Å². The summed E-state index contributed by atoms with van der Waals surface area (Å²) in [4.78, 5) is 12.5. The van der Waals surface area contributed by atoms with E-state index in [2.05, 4.69) is 11.7 Å². The third-order valence-electron chi connectivity index (χ3n) is 0.543. The molecule has 0 aliphatic carbocycles. The van der Waals surface area contributed by atoms with E-state index in [9.17, 15) is 4.79 Å². The van der Waals surface area contributed by atoms with Gasteiger partial charge in [0, 0.05) is 0 Å². The second-order valence-corrected chi connectivity index (χ2v) is 2.68. The van der Waals surface area contributed by atoms with Gasteiger partial charge in [0.15, 0.2) is 0 Å². The topological polar surface area (TPSA) is 40.3 Å². The smallest absolute Gasteiger partial charge is 0.406 e. The number of hydrogen-bond donors (Lipinski definition) is 1. The molecular formula is C6H12NO2+. The fourth-order valence-corrected chi connectivity index (χ4v) is 0.314. The molecule has 0 saturated heterocycles. The number of rotatable bonds is 0. The van der Waals surface area contributed by atoms with Gasteiger partial charge < -0.3 is 4.74 Å². The van der Waals surface area contributed by atoms with Crippen LogP contribution in [0.1, 0.15) is 20.8 Å². The minimum absolute atomic E-state index is 0.429. The van der Waals surface area contributed by atoms with Crippen LogP contribution in [0.25, 0.3) is 0 Å².